The molecule has 0 spiro atoms. The Morgan fingerprint density at radius 1 is 0.455 bits per heavy atom. The molecule has 4 atom stereocenters. The van der Waals surface area contributed by atoms with Crippen molar-refractivity contribution in [2.45, 2.75) is 51.4 Å². The Bertz CT molecular complexity index is 2500. The number of benzene rings is 6. The molecule has 9 rings (SSSR count). The molecule has 0 saturated heterocycles. The summed E-state index contributed by atoms with van der Waals surface area (Å²) in [4.78, 5) is 15.2. The van der Waals surface area contributed by atoms with Gasteiger partial charge in [0.1, 0.15) is 0 Å². The first-order valence-electron chi connectivity index (χ1n) is 19.7. The summed E-state index contributed by atoms with van der Waals surface area (Å²) in [5.74, 6) is 4.08. The van der Waals surface area contributed by atoms with Gasteiger partial charge in [-0.3, -0.25) is 0 Å². The molecule has 2 saturated carbocycles. The average molecular weight is 713 g/mol. The topological polar surface area (TPSA) is 62.5 Å². The minimum atomic E-state index is 0.279. The molecule has 2 bridgehead atoms. The van der Waals surface area contributed by atoms with Gasteiger partial charge in [0.05, 0.1) is 11.6 Å². The first-order chi connectivity index (χ1) is 26.9. The quantitative estimate of drug-likeness (QED) is 0.165. The maximum Gasteiger partial charge on any atom is 0.164 e. The lowest BCUT2D eigenvalue weighted by molar-refractivity contribution is 0.0780. The van der Waals surface area contributed by atoms with Gasteiger partial charge in [0.2, 0.25) is 0 Å². The molecule has 6 aromatic carbocycles. The summed E-state index contributed by atoms with van der Waals surface area (Å²) >= 11 is 0. The van der Waals surface area contributed by atoms with E-state index in [0.29, 0.717) is 23.0 Å². The average Bonchev–Trinajstić information content (AvgIpc) is 3.23. The molecule has 0 amide bonds. The van der Waals surface area contributed by atoms with E-state index in [1.807, 2.05) is 48.5 Å². The highest BCUT2D eigenvalue weighted by Gasteiger charge is 2.45. The van der Waals surface area contributed by atoms with Crippen LogP contribution in [0, 0.1) is 29.1 Å². The van der Waals surface area contributed by atoms with Crippen molar-refractivity contribution >= 4 is 0 Å². The summed E-state index contributed by atoms with van der Waals surface area (Å²) in [6.45, 7) is 4.92. The molecule has 1 unspecified atom stereocenters. The Hall–Kier alpha value is -6.18. The van der Waals surface area contributed by atoms with Crippen LogP contribution >= 0.6 is 0 Å². The van der Waals surface area contributed by atoms with Gasteiger partial charge < -0.3 is 0 Å². The molecule has 1 aromatic heterocycles. The van der Waals surface area contributed by atoms with Crippen molar-refractivity contribution in [3.05, 3.63) is 163 Å². The van der Waals surface area contributed by atoms with E-state index < -0.39 is 0 Å². The first-order valence-corrected chi connectivity index (χ1v) is 19.7. The Morgan fingerprint density at radius 3 is 1.58 bits per heavy atom. The molecule has 1 heterocycles. The zero-order valence-electron chi connectivity index (χ0n) is 31.5. The number of hydrogen-bond acceptors (Lipinski definition) is 4. The largest absolute Gasteiger partial charge is 0.208 e. The normalized spacial score (nSPS) is 20.4. The molecule has 7 aromatic rings. The molecule has 2 aliphatic carbocycles. The van der Waals surface area contributed by atoms with Gasteiger partial charge in [0.25, 0.3) is 0 Å². The van der Waals surface area contributed by atoms with Crippen molar-refractivity contribution in [2.24, 2.45) is 17.8 Å². The van der Waals surface area contributed by atoms with Gasteiger partial charge in [-0.05, 0) is 131 Å². The summed E-state index contributed by atoms with van der Waals surface area (Å²) < 4.78 is 0. The molecule has 268 valence electrons. The first kappa shape index (κ1) is 34.6. The van der Waals surface area contributed by atoms with Crippen LogP contribution in [0.25, 0.3) is 67.5 Å². The molecular weight excluding hydrogens is 669 g/mol. The van der Waals surface area contributed by atoms with Crippen molar-refractivity contribution < 1.29 is 0 Å². The van der Waals surface area contributed by atoms with E-state index >= 15 is 0 Å². The zero-order valence-corrected chi connectivity index (χ0v) is 31.5. The summed E-state index contributed by atoms with van der Waals surface area (Å²) in [5, 5.41) is 9.70. The minimum Gasteiger partial charge on any atom is -0.208 e. The highest BCUT2D eigenvalue weighted by atomic mass is 15.0. The Labute approximate surface area is 324 Å². The Morgan fingerprint density at radius 2 is 0.927 bits per heavy atom. The minimum absolute atomic E-state index is 0.279. The molecule has 4 heteroatoms. The van der Waals surface area contributed by atoms with Crippen LogP contribution in [0.2, 0.25) is 0 Å². The summed E-state index contributed by atoms with van der Waals surface area (Å²) in [6, 6.07) is 55.3. The van der Waals surface area contributed by atoms with Gasteiger partial charge in [-0.1, -0.05) is 129 Å². The maximum atomic E-state index is 9.70. The van der Waals surface area contributed by atoms with Gasteiger partial charge in [-0.25, -0.2) is 15.0 Å². The second kappa shape index (κ2) is 14.6. The van der Waals surface area contributed by atoms with Crippen LogP contribution in [0.3, 0.4) is 0 Å². The fraction of sp³-hybridized carbons (Fsp3) is 0.216. The van der Waals surface area contributed by atoms with Crippen molar-refractivity contribution in [3.63, 3.8) is 0 Å². The van der Waals surface area contributed by atoms with Gasteiger partial charge in [0.15, 0.2) is 17.5 Å². The van der Waals surface area contributed by atoms with E-state index in [-0.39, 0.29) is 5.41 Å². The van der Waals surface area contributed by atoms with Crippen molar-refractivity contribution in [1.82, 2.24) is 15.0 Å². The van der Waals surface area contributed by atoms with E-state index in [1.165, 1.54) is 54.4 Å². The third-order valence-corrected chi connectivity index (χ3v) is 11.9. The number of rotatable bonds is 7. The Balaban J connectivity index is 1.20. The SMILES string of the molecule is C[C@@H]1C[C@@H]2C[C@H](C)CC(c3ccc(-c4cc(-c5cccc(-c6ccccc6)c5)cc(-c5nc(-c6ccccc6)nc(-c6cccc(C#N)c6)n5)c4)cc3)(C1)C2. The van der Waals surface area contributed by atoms with Crippen LogP contribution in [0.5, 0.6) is 0 Å². The molecule has 55 heavy (non-hydrogen) atoms. The number of aromatic nitrogens is 3. The number of nitriles is 1. The molecule has 2 fully saturated rings. The summed E-state index contributed by atoms with van der Waals surface area (Å²) in [7, 11) is 0. The van der Waals surface area contributed by atoms with E-state index in [0.717, 1.165) is 51.1 Å². The van der Waals surface area contributed by atoms with Crippen molar-refractivity contribution in [1.29, 1.82) is 5.26 Å². The van der Waals surface area contributed by atoms with Gasteiger partial charge in [-0.15, -0.1) is 0 Å². The number of nitrogens with zero attached hydrogens (tertiary/aromatic N) is 4. The lowest BCUT2D eigenvalue weighted by Gasteiger charge is -2.50. The predicted molar refractivity (Wildman–Crippen MR) is 224 cm³/mol. The van der Waals surface area contributed by atoms with Crippen LogP contribution in [-0.2, 0) is 5.41 Å². The second-order valence-electron chi connectivity index (χ2n) is 16.1. The van der Waals surface area contributed by atoms with Gasteiger partial charge in [-0.2, -0.15) is 5.26 Å². The van der Waals surface area contributed by atoms with Crippen LogP contribution < -0.4 is 0 Å². The molecule has 2 aliphatic rings. The van der Waals surface area contributed by atoms with E-state index in [1.54, 1.807) is 6.07 Å². The lowest BCUT2D eigenvalue weighted by atomic mass is 9.54. The molecule has 0 aliphatic heterocycles. The summed E-state index contributed by atoms with van der Waals surface area (Å²) in [5.41, 5.74) is 11.8. The van der Waals surface area contributed by atoms with Gasteiger partial charge >= 0.3 is 0 Å². The fourth-order valence-electron chi connectivity index (χ4n) is 9.75. The summed E-state index contributed by atoms with van der Waals surface area (Å²) in [6.07, 6.45) is 6.64. The number of hydrogen-bond donors (Lipinski definition) is 0. The fourth-order valence-corrected chi connectivity index (χ4v) is 9.75. The molecule has 0 radical (unpaired) electrons. The second-order valence-corrected chi connectivity index (χ2v) is 16.1. The maximum absolute atomic E-state index is 9.70. The van der Waals surface area contributed by atoms with Gasteiger partial charge in [0, 0.05) is 16.7 Å². The number of fused-ring (bicyclic) bond motifs is 2. The van der Waals surface area contributed by atoms with Crippen LogP contribution in [0.1, 0.15) is 57.1 Å². The highest BCUT2D eigenvalue weighted by molar-refractivity contribution is 5.82. The predicted octanol–water partition coefficient (Wildman–Crippen LogP) is 12.8. The standard InChI is InChI=1S/C51H44N4/c1-34-23-37-24-35(2)31-51(30-34,32-37)47-21-19-39(20-22-47)44-27-45(42-17-10-16-41(26-42)38-12-5-3-6-13-38)29-46(28-44)50-54-48(40-14-7-4-8-15-40)53-49(55-50)43-18-9-11-36(25-43)33-52/h3-22,25-29,34-35,37H,23-24,30-32H2,1-2H3/t34-,35+,37-,51?. The molecule has 0 N–H and O–H groups in total. The molecular formula is C51H44N4. The highest BCUT2D eigenvalue weighted by Crippen LogP contribution is 2.54. The van der Waals surface area contributed by atoms with Crippen LogP contribution in [-0.4, -0.2) is 15.0 Å². The van der Waals surface area contributed by atoms with Crippen molar-refractivity contribution in [2.75, 3.05) is 0 Å². The Kier molecular flexibility index (Phi) is 9.16. The van der Waals surface area contributed by atoms with E-state index in [9.17, 15) is 5.26 Å². The monoisotopic (exact) mass is 712 g/mol. The smallest absolute Gasteiger partial charge is 0.164 e. The van der Waals surface area contributed by atoms with Crippen LogP contribution in [0.4, 0.5) is 0 Å². The molecule has 4 nitrogen and oxygen atoms in total. The van der Waals surface area contributed by atoms with E-state index in [2.05, 4.69) is 117 Å². The van der Waals surface area contributed by atoms with Crippen LogP contribution in [0.15, 0.2) is 152 Å². The third-order valence-electron chi connectivity index (χ3n) is 11.9. The lowest BCUT2D eigenvalue weighted by Crippen LogP contribution is -2.42. The van der Waals surface area contributed by atoms with E-state index in [4.69, 9.17) is 15.0 Å². The van der Waals surface area contributed by atoms with Crippen molar-refractivity contribution in [3.8, 4) is 73.6 Å². The third kappa shape index (κ3) is 7.11. The zero-order chi connectivity index (χ0) is 37.4.